The molecular formula is C20H29O6. The Kier molecular flexibility index (Phi) is 7.14. The summed E-state index contributed by atoms with van der Waals surface area (Å²) in [6, 6.07) is 3.09. The molecule has 2 atom stereocenters. The van der Waals surface area contributed by atoms with Gasteiger partial charge in [-0.2, -0.15) is 4.89 Å². The van der Waals surface area contributed by atoms with Gasteiger partial charge in [-0.25, -0.2) is 4.79 Å². The van der Waals surface area contributed by atoms with Crippen molar-refractivity contribution in [2.75, 3.05) is 21.3 Å². The topological polar surface area (TPSA) is 63.2 Å². The van der Waals surface area contributed by atoms with E-state index in [1.54, 1.807) is 12.1 Å². The molecular weight excluding hydrogens is 336 g/mol. The molecule has 1 aromatic carbocycles. The fourth-order valence-electron chi connectivity index (χ4n) is 3.36. The Labute approximate surface area is 155 Å². The van der Waals surface area contributed by atoms with Crippen molar-refractivity contribution in [3.05, 3.63) is 23.8 Å². The summed E-state index contributed by atoms with van der Waals surface area (Å²) in [6.07, 6.45) is 3.87. The van der Waals surface area contributed by atoms with Crippen LogP contribution in [0.1, 0.15) is 50.4 Å². The van der Waals surface area contributed by atoms with E-state index in [0.29, 0.717) is 35.0 Å². The fourth-order valence-corrected chi connectivity index (χ4v) is 3.36. The van der Waals surface area contributed by atoms with Crippen LogP contribution in [-0.2, 0) is 9.78 Å². The summed E-state index contributed by atoms with van der Waals surface area (Å²) in [5.41, 5.74) is 0.269. The molecule has 2 rings (SSSR count). The summed E-state index contributed by atoms with van der Waals surface area (Å²) in [5.74, 6) is 1.87. The van der Waals surface area contributed by atoms with E-state index in [9.17, 15) is 4.79 Å². The zero-order valence-corrected chi connectivity index (χ0v) is 16.5. The number of benzene rings is 1. The zero-order chi connectivity index (χ0) is 19.3. The van der Waals surface area contributed by atoms with Crippen molar-refractivity contribution < 1.29 is 28.8 Å². The molecule has 1 saturated carbocycles. The van der Waals surface area contributed by atoms with E-state index >= 15 is 0 Å². The summed E-state index contributed by atoms with van der Waals surface area (Å²) in [5, 5.41) is 0. The molecule has 1 aromatic rings. The molecule has 0 saturated heterocycles. The van der Waals surface area contributed by atoms with Crippen LogP contribution in [0.3, 0.4) is 0 Å². The van der Waals surface area contributed by atoms with Crippen LogP contribution in [-0.4, -0.2) is 27.3 Å². The summed E-state index contributed by atoms with van der Waals surface area (Å²) in [6.45, 7) is 6.50. The molecule has 2 unspecified atom stereocenters. The van der Waals surface area contributed by atoms with Crippen LogP contribution in [0.25, 0.3) is 0 Å². The van der Waals surface area contributed by atoms with E-state index in [-0.39, 0.29) is 5.56 Å². The Balaban J connectivity index is 2.11. The van der Waals surface area contributed by atoms with E-state index in [4.69, 9.17) is 24.0 Å². The second-order valence-electron chi connectivity index (χ2n) is 7.07. The molecule has 0 N–H and O–H groups in total. The van der Waals surface area contributed by atoms with Crippen LogP contribution < -0.4 is 14.2 Å². The Bertz CT molecular complexity index is 587. The number of hydrogen-bond acceptors (Lipinski definition) is 6. The maximum absolute atomic E-state index is 12.5. The number of ether oxygens (including phenoxy) is 3. The van der Waals surface area contributed by atoms with Gasteiger partial charge in [0, 0.05) is 0 Å². The first-order chi connectivity index (χ1) is 12.4. The van der Waals surface area contributed by atoms with Crippen molar-refractivity contribution in [1.82, 2.24) is 0 Å². The number of hydrogen-bond donors (Lipinski definition) is 0. The minimum atomic E-state index is -0.600. The van der Waals surface area contributed by atoms with Gasteiger partial charge >= 0.3 is 5.97 Å². The van der Waals surface area contributed by atoms with Crippen LogP contribution in [0.2, 0.25) is 0 Å². The Morgan fingerprint density at radius 3 is 2.15 bits per heavy atom. The highest BCUT2D eigenvalue weighted by atomic mass is 17.2. The van der Waals surface area contributed by atoms with Crippen molar-refractivity contribution in [2.45, 2.75) is 40.0 Å². The van der Waals surface area contributed by atoms with Gasteiger partial charge in [0.15, 0.2) is 17.6 Å². The van der Waals surface area contributed by atoms with E-state index in [1.807, 2.05) is 0 Å². The van der Waals surface area contributed by atoms with Gasteiger partial charge in [0.05, 0.1) is 26.9 Å². The maximum Gasteiger partial charge on any atom is 0.373 e. The lowest BCUT2D eigenvalue weighted by Crippen LogP contribution is -2.28. The highest BCUT2D eigenvalue weighted by Crippen LogP contribution is 2.41. The molecule has 1 radical (unpaired) electrons. The van der Waals surface area contributed by atoms with Gasteiger partial charge in [-0.05, 0) is 42.7 Å². The van der Waals surface area contributed by atoms with Gasteiger partial charge in [0.1, 0.15) is 0 Å². The summed E-state index contributed by atoms with van der Waals surface area (Å²) >= 11 is 0. The van der Waals surface area contributed by atoms with Crippen molar-refractivity contribution in [1.29, 1.82) is 0 Å². The Hall–Kier alpha value is -1.95. The van der Waals surface area contributed by atoms with E-state index in [0.717, 1.165) is 25.4 Å². The van der Waals surface area contributed by atoms with Crippen LogP contribution in [0.5, 0.6) is 17.2 Å². The molecule has 0 aliphatic heterocycles. The lowest BCUT2D eigenvalue weighted by molar-refractivity contribution is -0.251. The Morgan fingerprint density at radius 2 is 1.65 bits per heavy atom. The molecule has 6 heteroatoms. The number of carbonyl (C=O) groups is 1. The van der Waals surface area contributed by atoms with Crippen molar-refractivity contribution in [3.8, 4) is 17.2 Å². The predicted molar refractivity (Wildman–Crippen MR) is 97.2 cm³/mol. The molecule has 26 heavy (non-hydrogen) atoms. The second kappa shape index (κ2) is 9.12. The number of carbonyl (C=O) groups excluding carboxylic acids is 1. The first kappa shape index (κ1) is 20.4. The minimum Gasteiger partial charge on any atom is -0.493 e. The molecule has 1 fully saturated rings. The lowest BCUT2D eigenvalue weighted by atomic mass is 9.75. The lowest BCUT2D eigenvalue weighted by Gasteiger charge is -2.34. The van der Waals surface area contributed by atoms with Crippen molar-refractivity contribution >= 4 is 5.97 Å². The average Bonchev–Trinajstić information content (AvgIpc) is 2.64. The van der Waals surface area contributed by atoms with Gasteiger partial charge in [-0.1, -0.05) is 27.2 Å². The largest absolute Gasteiger partial charge is 0.493 e. The standard InChI is InChI=1S/C20H29O6/c1-12(2)15-8-7-13(3)9-16(15)25-26-20(21)14-10-17(22-4)19(24-6)18(11-14)23-5/h10-13,15H,7-9H2,1-6H3. The third-order valence-corrected chi connectivity index (χ3v) is 4.86. The molecule has 0 aromatic heterocycles. The molecule has 0 spiro atoms. The zero-order valence-electron chi connectivity index (χ0n) is 16.5. The smallest absolute Gasteiger partial charge is 0.373 e. The average molecular weight is 365 g/mol. The number of methoxy groups -OCH3 is 3. The minimum absolute atomic E-state index is 0.269. The summed E-state index contributed by atoms with van der Waals surface area (Å²) in [4.78, 5) is 23.1. The van der Waals surface area contributed by atoms with Gasteiger partial charge in [-0.3, -0.25) is 4.89 Å². The Morgan fingerprint density at radius 1 is 1.04 bits per heavy atom. The highest BCUT2D eigenvalue weighted by Gasteiger charge is 2.34. The van der Waals surface area contributed by atoms with Crippen LogP contribution >= 0.6 is 0 Å². The van der Waals surface area contributed by atoms with Gasteiger partial charge in [-0.15, -0.1) is 0 Å². The van der Waals surface area contributed by atoms with E-state index in [1.165, 1.54) is 21.3 Å². The van der Waals surface area contributed by atoms with Crippen molar-refractivity contribution in [2.24, 2.45) is 17.8 Å². The molecule has 0 heterocycles. The quantitative estimate of drug-likeness (QED) is 0.526. The molecule has 6 nitrogen and oxygen atoms in total. The van der Waals surface area contributed by atoms with Crippen LogP contribution in [0.4, 0.5) is 0 Å². The monoisotopic (exact) mass is 365 g/mol. The van der Waals surface area contributed by atoms with Gasteiger partial charge in [0.2, 0.25) is 5.75 Å². The SMILES string of the molecule is COc1cc(C(=O)OO[C]2CC(C)CCC2C(C)C)cc(OC)c1OC. The van der Waals surface area contributed by atoms with Crippen LogP contribution in [0, 0.1) is 23.9 Å². The fraction of sp³-hybridized carbons (Fsp3) is 0.600. The maximum atomic E-state index is 12.5. The van der Waals surface area contributed by atoms with Crippen molar-refractivity contribution in [3.63, 3.8) is 0 Å². The summed E-state index contributed by atoms with van der Waals surface area (Å²) < 4.78 is 15.8. The number of rotatable bonds is 7. The molecule has 0 amide bonds. The summed E-state index contributed by atoms with van der Waals surface area (Å²) in [7, 11) is 4.50. The molecule has 1 aliphatic rings. The third kappa shape index (κ3) is 4.61. The van der Waals surface area contributed by atoms with Crippen LogP contribution in [0.15, 0.2) is 12.1 Å². The van der Waals surface area contributed by atoms with Gasteiger partial charge in [0.25, 0.3) is 0 Å². The first-order valence-electron chi connectivity index (χ1n) is 8.95. The normalized spacial score (nSPS) is 20.7. The second-order valence-corrected chi connectivity index (χ2v) is 7.07. The third-order valence-electron chi connectivity index (χ3n) is 4.86. The first-order valence-corrected chi connectivity index (χ1v) is 8.95. The molecule has 145 valence electrons. The highest BCUT2D eigenvalue weighted by molar-refractivity contribution is 5.90. The molecule has 0 bridgehead atoms. The molecule has 1 aliphatic carbocycles. The predicted octanol–water partition coefficient (Wildman–Crippen LogP) is 4.42. The van der Waals surface area contributed by atoms with Gasteiger partial charge < -0.3 is 14.2 Å². The van der Waals surface area contributed by atoms with E-state index in [2.05, 4.69) is 20.8 Å². The van der Waals surface area contributed by atoms with E-state index < -0.39 is 5.97 Å².